The predicted molar refractivity (Wildman–Crippen MR) is 344 cm³/mol. The Morgan fingerprint density at radius 1 is 0.253 bits per heavy atom. The molecule has 0 spiro atoms. The van der Waals surface area contributed by atoms with Gasteiger partial charge in [-0.15, -0.1) is 0 Å². The van der Waals surface area contributed by atoms with Crippen molar-refractivity contribution in [3.63, 3.8) is 0 Å². The molecule has 0 aliphatic carbocycles. The van der Waals surface area contributed by atoms with E-state index in [1.165, 1.54) is 295 Å². The average molecular weight is 1120 g/mol. The molecular formula is C73H142O6. The molecule has 0 radical (unpaired) electrons. The summed E-state index contributed by atoms with van der Waals surface area (Å²) < 4.78 is 17.0. The number of esters is 3. The van der Waals surface area contributed by atoms with Gasteiger partial charge in [-0.3, -0.25) is 14.4 Å². The van der Waals surface area contributed by atoms with Crippen molar-refractivity contribution in [1.29, 1.82) is 0 Å². The Balaban J connectivity index is 4.28. The molecule has 0 bridgehead atoms. The number of ether oxygens (including phenoxy) is 3. The van der Waals surface area contributed by atoms with Crippen LogP contribution in [0.5, 0.6) is 0 Å². The van der Waals surface area contributed by atoms with E-state index in [0.717, 1.165) is 75.5 Å². The summed E-state index contributed by atoms with van der Waals surface area (Å²) in [6.07, 6.45) is 72.6. The second kappa shape index (κ2) is 64.0. The molecule has 0 amide bonds. The fourth-order valence-electron chi connectivity index (χ4n) is 11.4. The SMILES string of the molecule is CCC(C)CCCCCCCCCCCCCCCCCCCCC(=O)O[C@H](COC(=O)CCCCCCCCCCCCCCCCCCCCC(C)C)COC(=O)CCCCCCCCCCCCCCCCCC(C)C. The maximum Gasteiger partial charge on any atom is 0.306 e. The second-order valence-corrected chi connectivity index (χ2v) is 26.4. The zero-order chi connectivity index (χ0) is 57.6. The molecule has 0 aliphatic rings. The van der Waals surface area contributed by atoms with Crippen LogP contribution in [0, 0.1) is 17.8 Å². The van der Waals surface area contributed by atoms with Crippen molar-refractivity contribution < 1.29 is 28.6 Å². The molecule has 6 nitrogen and oxygen atoms in total. The highest BCUT2D eigenvalue weighted by atomic mass is 16.6. The molecule has 2 atom stereocenters. The summed E-state index contributed by atoms with van der Waals surface area (Å²) in [6.45, 7) is 13.9. The summed E-state index contributed by atoms with van der Waals surface area (Å²) in [5.41, 5.74) is 0. The highest BCUT2D eigenvalue weighted by molar-refractivity contribution is 5.71. The van der Waals surface area contributed by atoms with E-state index in [1.807, 2.05) is 0 Å². The molecule has 0 fully saturated rings. The Hall–Kier alpha value is -1.59. The summed E-state index contributed by atoms with van der Waals surface area (Å²) in [7, 11) is 0. The summed E-state index contributed by atoms with van der Waals surface area (Å²) in [4.78, 5) is 38.5. The van der Waals surface area contributed by atoms with Crippen LogP contribution in [-0.2, 0) is 28.6 Å². The lowest BCUT2D eigenvalue weighted by Crippen LogP contribution is -2.30. The minimum atomic E-state index is -0.766. The third-order valence-corrected chi connectivity index (χ3v) is 17.3. The number of rotatable bonds is 66. The number of unbranched alkanes of at least 4 members (excludes halogenated alkanes) is 48. The molecule has 470 valence electrons. The fraction of sp³-hybridized carbons (Fsp3) is 0.959. The van der Waals surface area contributed by atoms with Gasteiger partial charge in [0.25, 0.3) is 0 Å². The van der Waals surface area contributed by atoms with Crippen molar-refractivity contribution in [1.82, 2.24) is 0 Å². The van der Waals surface area contributed by atoms with Crippen LogP contribution in [0.2, 0.25) is 0 Å². The van der Waals surface area contributed by atoms with Gasteiger partial charge in [-0.2, -0.15) is 0 Å². The Morgan fingerprint density at radius 2 is 0.443 bits per heavy atom. The predicted octanol–water partition coefficient (Wildman–Crippen LogP) is 24.6. The summed E-state index contributed by atoms with van der Waals surface area (Å²) in [5.74, 6) is 1.79. The van der Waals surface area contributed by atoms with Crippen molar-refractivity contribution >= 4 is 17.9 Å². The monoisotopic (exact) mass is 1120 g/mol. The molecule has 0 N–H and O–H groups in total. The van der Waals surface area contributed by atoms with Crippen LogP contribution in [0.15, 0.2) is 0 Å². The van der Waals surface area contributed by atoms with Gasteiger partial charge < -0.3 is 14.2 Å². The first-order chi connectivity index (χ1) is 38.6. The van der Waals surface area contributed by atoms with E-state index in [4.69, 9.17) is 14.2 Å². The van der Waals surface area contributed by atoms with Crippen molar-refractivity contribution in [3.8, 4) is 0 Å². The van der Waals surface area contributed by atoms with Crippen LogP contribution in [0.4, 0.5) is 0 Å². The van der Waals surface area contributed by atoms with Crippen molar-refractivity contribution in [2.75, 3.05) is 13.2 Å². The summed E-state index contributed by atoms with van der Waals surface area (Å²) in [5, 5.41) is 0. The van der Waals surface area contributed by atoms with E-state index >= 15 is 0 Å². The van der Waals surface area contributed by atoms with Crippen LogP contribution < -0.4 is 0 Å². The molecule has 79 heavy (non-hydrogen) atoms. The normalized spacial score (nSPS) is 12.5. The van der Waals surface area contributed by atoms with Gasteiger partial charge in [-0.25, -0.2) is 0 Å². The minimum Gasteiger partial charge on any atom is -0.462 e. The first-order valence-corrected chi connectivity index (χ1v) is 36.1. The first-order valence-electron chi connectivity index (χ1n) is 36.1. The van der Waals surface area contributed by atoms with Crippen molar-refractivity contribution in [3.05, 3.63) is 0 Å². The van der Waals surface area contributed by atoms with Crippen molar-refractivity contribution in [2.45, 2.75) is 420 Å². The largest absolute Gasteiger partial charge is 0.462 e. The van der Waals surface area contributed by atoms with Crippen LogP contribution in [-0.4, -0.2) is 37.2 Å². The standard InChI is InChI=1S/C73H142O6/c1-7-69(6)61-55-49-43-37-31-25-19-13-9-11-15-21-28-34-40-46-52-58-64-73(76)79-70(66-78-72(75)63-57-51-45-39-33-27-22-16-18-24-30-36-42-48-54-60-68(4)5)65-77-71(74)62-56-50-44-38-32-26-20-14-10-8-12-17-23-29-35-41-47-53-59-67(2)3/h67-70H,7-66H2,1-6H3/t69?,70-/m1/s1. The topological polar surface area (TPSA) is 78.9 Å². The zero-order valence-electron chi connectivity index (χ0n) is 54.7. The molecule has 1 unspecified atom stereocenters. The Kier molecular flexibility index (Phi) is 62.7. The molecule has 6 heteroatoms. The van der Waals surface area contributed by atoms with E-state index in [9.17, 15) is 14.4 Å². The summed E-state index contributed by atoms with van der Waals surface area (Å²) >= 11 is 0. The Morgan fingerprint density at radius 3 is 0.658 bits per heavy atom. The van der Waals surface area contributed by atoms with Crippen LogP contribution in [0.1, 0.15) is 414 Å². The van der Waals surface area contributed by atoms with Gasteiger partial charge in [0.2, 0.25) is 0 Å². The highest BCUT2D eigenvalue weighted by Gasteiger charge is 2.20. The fourth-order valence-corrected chi connectivity index (χ4v) is 11.4. The molecule has 0 aromatic rings. The molecule has 0 aromatic heterocycles. The van der Waals surface area contributed by atoms with E-state index in [1.54, 1.807) is 0 Å². The number of carbonyl (C=O) groups excluding carboxylic acids is 3. The quantitative estimate of drug-likeness (QED) is 0.0343. The van der Waals surface area contributed by atoms with Gasteiger partial charge in [-0.05, 0) is 37.0 Å². The summed E-state index contributed by atoms with van der Waals surface area (Å²) in [6, 6.07) is 0. The second-order valence-electron chi connectivity index (χ2n) is 26.4. The lowest BCUT2D eigenvalue weighted by atomic mass is 9.99. The first kappa shape index (κ1) is 77.4. The van der Waals surface area contributed by atoms with Gasteiger partial charge >= 0.3 is 17.9 Å². The lowest BCUT2D eigenvalue weighted by molar-refractivity contribution is -0.167. The molecule has 0 saturated carbocycles. The molecule has 0 rings (SSSR count). The van der Waals surface area contributed by atoms with E-state index < -0.39 is 6.10 Å². The Bertz CT molecular complexity index is 1230. The van der Waals surface area contributed by atoms with E-state index in [-0.39, 0.29) is 31.1 Å². The minimum absolute atomic E-state index is 0.0616. The lowest BCUT2D eigenvalue weighted by Gasteiger charge is -2.18. The molecule has 0 aliphatic heterocycles. The molecular weight excluding hydrogens is 973 g/mol. The number of hydrogen-bond donors (Lipinski definition) is 0. The van der Waals surface area contributed by atoms with Gasteiger partial charge in [0.1, 0.15) is 13.2 Å². The third-order valence-electron chi connectivity index (χ3n) is 17.3. The van der Waals surface area contributed by atoms with Gasteiger partial charge in [-0.1, -0.05) is 375 Å². The van der Waals surface area contributed by atoms with Gasteiger partial charge in [0.05, 0.1) is 0 Å². The molecule has 0 aromatic carbocycles. The third kappa shape index (κ3) is 65.4. The van der Waals surface area contributed by atoms with E-state index in [2.05, 4.69) is 41.5 Å². The Labute approximate surface area is 495 Å². The zero-order valence-corrected chi connectivity index (χ0v) is 54.7. The van der Waals surface area contributed by atoms with Crippen LogP contribution in [0.3, 0.4) is 0 Å². The number of hydrogen-bond acceptors (Lipinski definition) is 6. The van der Waals surface area contributed by atoms with Crippen LogP contribution in [0.25, 0.3) is 0 Å². The van der Waals surface area contributed by atoms with E-state index in [0.29, 0.717) is 19.3 Å². The smallest absolute Gasteiger partial charge is 0.306 e. The maximum atomic E-state index is 13.0. The average Bonchev–Trinajstić information content (AvgIpc) is 3.43. The molecule has 0 heterocycles. The van der Waals surface area contributed by atoms with Gasteiger partial charge in [0, 0.05) is 19.3 Å². The van der Waals surface area contributed by atoms with Crippen molar-refractivity contribution in [2.24, 2.45) is 17.8 Å². The molecule has 0 saturated heterocycles. The number of carbonyl (C=O) groups is 3. The maximum absolute atomic E-state index is 13.0. The van der Waals surface area contributed by atoms with Gasteiger partial charge in [0.15, 0.2) is 6.10 Å². The highest BCUT2D eigenvalue weighted by Crippen LogP contribution is 2.20. The van der Waals surface area contributed by atoms with Crippen LogP contribution >= 0.6 is 0 Å².